The first kappa shape index (κ1) is 9.14. The molecule has 0 spiro atoms. The number of carbonyl (C=O) groups is 1. The van der Waals surface area contributed by atoms with Gasteiger partial charge in [0.1, 0.15) is 0 Å². The lowest BCUT2D eigenvalue weighted by Gasteiger charge is -1.91. The number of amides is 1. The van der Waals surface area contributed by atoms with Crippen LogP contribution in [0.4, 0.5) is 0 Å². The summed E-state index contributed by atoms with van der Waals surface area (Å²) in [4.78, 5) is 14.8. The van der Waals surface area contributed by atoms with E-state index in [2.05, 4.69) is 4.99 Å². The van der Waals surface area contributed by atoms with Gasteiger partial charge in [0.05, 0.1) is 12.5 Å². The number of benzene rings is 1. The lowest BCUT2D eigenvalue weighted by molar-refractivity contribution is 0.100. The molecule has 1 aromatic carbocycles. The van der Waals surface area contributed by atoms with Gasteiger partial charge in [-0.05, 0) is 12.1 Å². The highest BCUT2D eigenvalue weighted by Gasteiger charge is 1.99. The van der Waals surface area contributed by atoms with Crippen molar-refractivity contribution in [3.05, 3.63) is 35.9 Å². The zero-order chi connectivity index (χ0) is 9.52. The molecule has 0 fully saturated rings. The molecule has 1 rings (SSSR count). The van der Waals surface area contributed by atoms with Gasteiger partial charge in [0, 0.05) is 11.8 Å². The smallest absolute Gasteiger partial charge is 0.267 e. The minimum absolute atomic E-state index is 0.165. The van der Waals surface area contributed by atoms with Crippen molar-refractivity contribution >= 4 is 12.1 Å². The average Bonchev–Trinajstić information content (AvgIpc) is 2.19. The highest BCUT2D eigenvalue weighted by molar-refractivity contribution is 5.98. The van der Waals surface area contributed by atoms with Gasteiger partial charge in [0.2, 0.25) is 0 Å². The third-order valence-corrected chi connectivity index (χ3v) is 1.41. The van der Waals surface area contributed by atoms with E-state index in [0.29, 0.717) is 5.56 Å². The molecule has 0 radical (unpaired) electrons. The molecule has 0 saturated heterocycles. The van der Waals surface area contributed by atoms with Crippen LogP contribution < -0.4 is 0 Å². The first-order chi connectivity index (χ1) is 6.34. The minimum Gasteiger partial charge on any atom is -0.267 e. The number of aliphatic imine (C=N–C) groups is 1. The van der Waals surface area contributed by atoms with E-state index in [-0.39, 0.29) is 12.3 Å². The van der Waals surface area contributed by atoms with Gasteiger partial charge in [-0.1, -0.05) is 18.2 Å². The SMILES string of the molecule is N#CCC=NC(=O)c1ccccc1. The fourth-order valence-electron chi connectivity index (χ4n) is 0.825. The van der Waals surface area contributed by atoms with Crippen molar-refractivity contribution < 1.29 is 4.79 Å². The van der Waals surface area contributed by atoms with Crippen molar-refractivity contribution in [2.75, 3.05) is 0 Å². The quantitative estimate of drug-likeness (QED) is 0.639. The van der Waals surface area contributed by atoms with Crippen LogP contribution in [0.1, 0.15) is 16.8 Å². The molecule has 0 bridgehead atoms. The summed E-state index contributed by atoms with van der Waals surface area (Å²) in [6, 6.07) is 10.6. The fourth-order valence-corrected chi connectivity index (χ4v) is 0.825. The van der Waals surface area contributed by atoms with Gasteiger partial charge in [-0.2, -0.15) is 5.26 Å². The second-order valence-corrected chi connectivity index (χ2v) is 2.35. The zero-order valence-electron chi connectivity index (χ0n) is 6.97. The standard InChI is InChI=1S/C10H8N2O/c11-7-4-8-12-10(13)9-5-2-1-3-6-9/h1-3,5-6,8H,4H2. The molecule has 1 amide bonds. The van der Waals surface area contributed by atoms with Crippen LogP contribution in [0, 0.1) is 11.3 Å². The molecule has 0 aliphatic carbocycles. The van der Waals surface area contributed by atoms with E-state index in [1.807, 2.05) is 12.1 Å². The van der Waals surface area contributed by atoms with Crippen LogP contribution >= 0.6 is 0 Å². The number of hydrogen-bond acceptors (Lipinski definition) is 2. The summed E-state index contributed by atoms with van der Waals surface area (Å²) in [7, 11) is 0. The van der Waals surface area contributed by atoms with Crippen LogP contribution in [0.15, 0.2) is 35.3 Å². The molecule has 0 saturated carbocycles. The largest absolute Gasteiger partial charge is 0.276 e. The molecule has 0 unspecified atom stereocenters. The summed E-state index contributed by atoms with van der Waals surface area (Å²) in [5, 5.41) is 8.20. The molecule has 0 atom stereocenters. The highest BCUT2D eigenvalue weighted by Crippen LogP contribution is 1.99. The number of hydrogen-bond donors (Lipinski definition) is 0. The van der Waals surface area contributed by atoms with Crippen molar-refractivity contribution in [3.63, 3.8) is 0 Å². The minimum atomic E-state index is -0.309. The molecule has 64 valence electrons. The maximum atomic E-state index is 11.2. The van der Waals surface area contributed by atoms with E-state index in [9.17, 15) is 4.79 Å². The van der Waals surface area contributed by atoms with E-state index < -0.39 is 0 Å². The molecule has 3 nitrogen and oxygen atoms in total. The fraction of sp³-hybridized carbons (Fsp3) is 0.100. The highest BCUT2D eigenvalue weighted by atomic mass is 16.1. The summed E-state index contributed by atoms with van der Waals surface area (Å²) in [5.74, 6) is -0.309. The first-order valence-corrected chi connectivity index (χ1v) is 3.83. The molecule has 0 aliphatic heterocycles. The van der Waals surface area contributed by atoms with Gasteiger partial charge in [-0.25, -0.2) is 4.99 Å². The lowest BCUT2D eigenvalue weighted by Crippen LogP contribution is -1.93. The summed E-state index contributed by atoms with van der Waals surface area (Å²) >= 11 is 0. The predicted octanol–water partition coefficient (Wildman–Crippen LogP) is 1.81. The number of rotatable bonds is 2. The Bertz CT molecular complexity index is 349. The Balaban J connectivity index is 2.66. The third-order valence-electron chi connectivity index (χ3n) is 1.41. The number of nitriles is 1. The van der Waals surface area contributed by atoms with Crippen LogP contribution in [0.5, 0.6) is 0 Å². The average molecular weight is 172 g/mol. The summed E-state index contributed by atoms with van der Waals surface area (Å²) < 4.78 is 0. The van der Waals surface area contributed by atoms with Gasteiger partial charge >= 0.3 is 0 Å². The lowest BCUT2D eigenvalue weighted by atomic mass is 10.2. The van der Waals surface area contributed by atoms with Gasteiger partial charge in [0.15, 0.2) is 0 Å². The molecule has 0 aromatic heterocycles. The van der Waals surface area contributed by atoms with E-state index in [4.69, 9.17) is 5.26 Å². The third kappa shape index (κ3) is 2.88. The second kappa shape index (κ2) is 4.83. The topological polar surface area (TPSA) is 53.2 Å². The summed E-state index contributed by atoms with van der Waals surface area (Å²) in [6.45, 7) is 0. The monoisotopic (exact) mass is 172 g/mol. The Labute approximate surface area is 76.3 Å². The molecule has 3 heteroatoms. The Morgan fingerprint density at radius 3 is 2.77 bits per heavy atom. The molecule has 13 heavy (non-hydrogen) atoms. The molecular formula is C10H8N2O. The predicted molar refractivity (Wildman–Crippen MR) is 49.5 cm³/mol. The van der Waals surface area contributed by atoms with Crippen LogP contribution in [0.2, 0.25) is 0 Å². The normalized spacial score (nSPS) is 9.77. The van der Waals surface area contributed by atoms with Gasteiger partial charge in [-0.3, -0.25) is 4.79 Å². The second-order valence-electron chi connectivity index (χ2n) is 2.35. The van der Waals surface area contributed by atoms with Gasteiger partial charge in [0.25, 0.3) is 5.91 Å². The molecular weight excluding hydrogens is 164 g/mol. The van der Waals surface area contributed by atoms with E-state index in [1.165, 1.54) is 6.21 Å². The number of nitrogens with zero attached hydrogens (tertiary/aromatic N) is 2. The maximum Gasteiger partial charge on any atom is 0.276 e. The number of carbonyl (C=O) groups excluding carboxylic acids is 1. The van der Waals surface area contributed by atoms with Crippen molar-refractivity contribution in [2.45, 2.75) is 6.42 Å². The molecule has 1 aromatic rings. The Morgan fingerprint density at radius 2 is 2.15 bits per heavy atom. The zero-order valence-corrected chi connectivity index (χ0v) is 6.97. The Morgan fingerprint density at radius 1 is 1.46 bits per heavy atom. The van der Waals surface area contributed by atoms with Gasteiger partial charge < -0.3 is 0 Å². The first-order valence-electron chi connectivity index (χ1n) is 3.83. The Hall–Kier alpha value is -1.95. The summed E-state index contributed by atoms with van der Waals surface area (Å²) in [5.41, 5.74) is 0.539. The van der Waals surface area contributed by atoms with E-state index in [0.717, 1.165) is 0 Å². The van der Waals surface area contributed by atoms with Crippen molar-refractivity contribution in [1.82, 2.24) is 0 Å². The van der Waals surface area contributed by atoms with Crippen molar-refractivity contribution in [2.24, 2.45) is 4.99 Å². The van der Waals surface area contributed by atoms with Crippen LogP contribution in [-0.4, -0.2) is 12.1 Å². The van der Waals surface area contributed by atoms with Gasteiger partial charge in [-0.15, -0.1) is 0 Å². The maximum absolute atomic E-state index is 11.2. The molecule has 0 N–H and O–H groups in total. The van der Waals surface area contributed by atoms with Crippen LogP contribution in [-0.2, 0) is 0 Å². The summed E-state index contributed by atoms with van der Waals surface area (Å²) in [6.07, 6.45) is 1.48. The molecule has 0 heterocycles. The Kier molecular flexibility index (Phi) is 3.40. The van der Waals surface area contributed by atoms with Crippen molar-refractivity contribution in [3.8, 4) is 6.07 Å². The van der Waals surface area contributed by atoms with Crippen LogP contribution in [0.25, 0.3) is 0 Å². The van der Waals surface area contributed by atoms with Crippen molar-refractivity contribution in [1.29, 1.82) is 5.26 Å². The van der Waals surface area contributed by atoms with E-state index >= 15 is 0 Å². The molecule has 0 aliphatic rings. The van der Waals surface area contributed by atoms with E-state index in [1.54, 1.807) is 24.3 Å². The van der Waals surface area contributed by atoms with Crippen LogP contribution in [0.3, 0.4) is 0 Å².